The number of amides is 3. The molecule has 0 radical (unpaired) electrons. The highest BCUT2D eigenvalue weighted by Crippen LogP contribution is 2.33. The Kier molecular flexibility index (Phi) is 3.68. The van der Waals surface area contributed by atoms with E-state index in [9.17, 15) is 22.8 Å². The third kappa shape index (κ3) is 2.84. The third-order valence-corrected chi connectivity index (χ3v) is 6.75. The van der Waals surface area contributed by atoms with Crippen molar-refractivity contribution in [1.29, 1.82) is 0 Å². The fourth-order valence-electron chi connectivity index (χ4n) is 3.65. The van der Waals surface area contributed by atoms with E-state index >= 15 is 0 Å². The molecule has 3 aliphatic rings. The maximum Gasteiger partial charge on any atom is 0.262 e. The van der Waals surface area contributed by atoms with E-state index < -0.39 is 21.7 Å². The van der Waals surface area contributed by atoms with Crippen LogP contribution in [0.25, 0.3) is 0 Å². The molecule has 8 heteroatoms. The summed E-state index contributed by atoms with van der Waals surface area (Å²) in [7, 11) is -3.11. The number of carbonyl (C=O) groups is 3. The van der Waals surface area contributed by atoms with Crippen molar-refractivity contribution in [2.75, 3.05) is 18.1 Å². The summed E-state index contributed by atoms with van der Waals surface area (Å²) >= 11 is 0. The van der Waals surface area contributed by atoms with Crippen LogP contribution >= 0.6 is 0 Å². The van der Waals surface area contributed by atoms with Crippen molar-refractivity contribution in [3.63, 3.8) is 0 Å². The Hall–Kier alpha value is -2.22. The minimum Gasteiger partial charge on any atom is -0.334 e. The van der Waals surface area contributed by atoms with E-state index in [0.29, 0.717) is 17.5 Å². The highest BCUT2D eigenvalue weighted by molar-refractivity contribution is 7.91. The van der Waals surface area contributed by atoms with Crippen LogP contribution in [0.5, 0.6) is 0 Å². The fraction of sp³-hybridized carbons (Fsp3) is 0.471. The van der Waals surface area contributed by atoms with Crippen LogP contribution in [-0.4, -0.2) is 66.1 Å². The van der Waals surface area contributed by atoms with Gasteiger partial charge in [-0.1, -0.05) is 12.1 Å². The first kappa shape index (κ1) is 16.3. The first-order valence-electron chi connectivity index (χ1n) is 8.34. The Labute approximate surface area is 145 Å². The summed E-state index contributed by atoms with van der Waals surface area (Å²) in [5.41, 5.74) is 0.614. The van der Waals surface area contributed by atoms with Gasteiger partial charge in [-0.15, -0.1) is 0 Å². The number of rotatable bonds is 4. The molecule has 2 heterocycles. The first-order valence-corrected chi connectivity index (χ1v) is 10.2. The normalized spacial score (nSPS) is 24.5. The van der Waals surface area contributed by atoms with Gasteiger partial charge in [-0.05, 0) is 31.4 Å². The molecule has 0 aromatic heterocycles. The molecule has 0 unspecified atom stereocenters. The summed E-state index contributed by atoms with van der Waals surface area (Å²) in [6.45, 7) is -0.334. The van der Waals surface area contributed by atoms with Gasteiger partial charge in [0.2, 0.25) is 5.91 Å². The van der Waals surface area contributed by atoms with E-state index in [-0.39, 0.29) is 36.0 Å². The summed E-state index contributed by atoms with van der Waals surface area (Å²) in [5.74, 6) is -1.23. The molecule has 0 N–H and O–H groups in total. The topological polar surface area (TPSA) is 91.8 Å². The number of sulfone groups is 1. The van der Waals surface area contributed by atoms with Crippen LogP contribution in [-0.2, 0) is 14.6 Å². The van der Waals surface area contributed by atoms with Crippen LogP contribution in [0.4, 0.5) is 0 Å². The molecule has 2 fully saturated rings. The van der Waals surface area contributed by atoms with Gasteiger partial charge < -0.3 is 4.90 Å². The molecule has 1 saturated carbocycles. The highest BCUT2D eigenvalue weighted by Gasteiger charge is 2.44. The zero-order valence-electron chi connectivity index (χ0n) is 13.6. The molecule has 1 atom stereocenters. The van der Waals surface area contributed by atoms with Crippen molar-refractivity contribution in [2.45, 2.75) is 31.3 Å². The van der Waals surface area contributed by atoms with Crippen LogP contribution in [0.2, 0.25) is 0 Å². The highest BCUT2D eigenvalue weighted by atomic mass is 32.2. The SMILES string of the molecule is O=C1c2ccccc2C(=O)N1CC(=O)N(C1CC1)[C@H]1CCS(=O)(=O)C1. The lowest BCUT2D eigenvalue weighted by atomic mass is 10.1. The molecule has 4 rings (SSSR count). The molecule has 3 amide bonds. The lowest BCUT2D eigenvalue weighted by Gasteiger charge is -2.29. The molecule has 132 valence electrons. The first-order chi connectivity index (χ1) is 11.9. The number of hydrogen-bond acceptors (Lipinski definition) is 5. The molecule has 1 aliphatic carbocycles. The van der Waals surface area contributed by atoms with Gasteiger partial charge in [0.15, 0.2) is 9.84 Å². The second-order valence-electron chi connectivity index (χ2n) is 6.83. The zero-order chi connectivity index (χ0) is 17.8. The molecule has 1 aromatic carbocycles. The van der Waals surface area contributed by atoms with Crippen LogP contribution < -0.4 is 0 Å². The number of carbonyl (C=O) groups excluding carboxylic acids is 3. The predicted molar refractivity (Wildman–Crippen MR) is 88.7 cm³/mol. The zero-order valence-corrected chi connectivity index (χ0v) is 14.4. The van der Waals surface area contributed by atoms with E-state index in [1.165, 1.54) is 0 Å². The summed E-state index contributed by atoms with van der Waals surface area (Å²) in [4.78, 5) is 40.2. The molecule has 7 nitrogen and oxygen atoms in total. The van der Waals surface area contributed by atoms with Gasteiger partial charge in [0.25, 0.3) is 11.8 Å². The summed E-state index contributed by atoms with van der Waals surface area (Å²) in [6.07, 6.45) is 2.10. The second kappa shape index (κ2) is 5.66. The summed E-state index contributed by atoms with van der Waals surface area (Å²) in [5, 5.41) is 0. The minimum absolute atomic E-state index is 0.0287. The van der Waals surface area contributed by atoms with E-state index in [0.717, 1.165) is 17.7 Å². The monoisotopic (exact) mass is 362 g/mol. The Morgan fingerprint density at radius 3 is 2.12 bits per heavy atom. The van der Waals surface area contributed by atoms with Gasteiger partial charge in [0, 0.05) is 12.1 Å². The number of nitrogens with zero attached hydrogens (tertiary/aromatic N) is 2. The van der Waals surface area contributed by atoms with Crippen LogP contribution in [0.15, 0.2) is 24.3 Å². The van der Waals surface area contributed by atoms with E-state index in [1.54, 1.807) is 29.2 Å². The number of imide groups is 1. The van der Waals surface area contributed by atoms with Gasteiger partial charge in [-0.3, -0.25) is 19.3 Å². The van der Waals surface area contributed by atoms with Gasteiger partial charge >= 0.3 is 0 Å². The molecule has 0 bridgehead atoms. The van der Waals surface area contributed by atoms with Crippen molar-refractivity contribution in [2.24, 2.45) is 0 Å². The van der Waals surface area contributed by atoms with Crippen LogP contribution in [0.1, 0.15) is 40.0 Å². The van der Waals surface area contributed by atoms with Crippen molar-refractivity contribution in [3.8, 4) is 0 Å². The molecule has 1 aromatic rings. The van der Waals surface area contributed by atoms with Crippen LogP contribution in [0, 0.1) is 0 Å². The van der Waals surface area contributed by atoms with Crippen molar-refractivity contribution < 1.29 is 22.8 Å². The maximum atomic E-state index is 12.8. The Morgan fingerprint density at radius 2 is 1.64 bits per heavy atom. The summed E-state index contributed by atoms with van der Waals surface area (Å²) in [6, 6.07) is 6.18. The smallest absolute Gasteiger partial charge is 0.262 e. The van der Waals surface area contributed by atoms with Crippen molar-refractivity contribution in [3.05, 3.63) is 35.4 Å². The Bertz CT molecular complexity index is 840. The quantitative estimate of drug-likeness (QED) is 0.726. The van der Waals surface area contributed by atoms with Crippen LogP contribution in [0.3, 0.4) is 0 Å². The van der Waals surface area contributed by atoms with Gasteiger partial charge in [-0.2, -0.15) is 0 Å². The van der Waals surface area contributed by atoms with E-state index in [1.807, 2.05) is 0 Å². The van der Waals surface area contributed by atoms with Gasteiger partial charge in [0.05, 0.1) is 22.6 Å². The predicted octanol–water partition coefficient (Wildman–Crippen LogP) is 0.461. The average molecular weight is 362 g/mol. The maximum absolute atomic E-state index is 12.8. The number of benzene rings is 1. The minimum atomic E-state index is -3.11. The number of fused-ring (bicyclic) bond motifs is 1. The fourth-order valence-corrected chi connectivity index (χ4v) is 5.36. The second-order valence-corrected chi connectivity index (χ2v) is 9.06. The Morgan fingerprint density at radius 1 is 1.04 bits per heavy atom. The standard InChI is InChI=1S/C17H18N2O5S/c20-15(19(11-5-6-11)12-7-8-25(23,24)10-12)9-18-16(21)13-3-1-2-4-14(13)17(18)22/h1-4,11-12H,5-10H2/t12-/m0/s1. The van der Waals surface area contributed by atoms with Gasteiger partial charge in [0.1, 0.15) is 6.54 Å². The number of hydrogen-bond donors (Lipinski definition) is 0. The van der Waals surface area contributed by atoms with E-state index in [2.05, 4.69) is 0 Å². The Balaban J connectivity index is 1.53. The molecule has 0 spiro atoms. The van der Waals surface area contributed by atoms with E-state index in [4.69, 9.17) is 0 Å². The average Bonchev–Trinajstić information content (AvgIpc) is 3.30. The largest absolute Gasteiger partial charge is 0.334 e. The summed E-state index contributed by atoms with van der Waals surface area (Å²) < 4.78 is 23.5. The molecular weight excluding hydrogens is 344 g/mol. The lowest BCUT2D eigenvalue weighted by Crippen LogP contribution is -2.48. The molecule has 1 saturated heterocycles. The molecular formula is C17H18N2O5S. The van der Waals surface area contributed by atoms with Crippen molar-refractivity contribution in [1.82, 2.24) is 9.80 Å². The third-order valence-electron chi connectivity index (χ3n) is 5.00. The molecule has 25 heavy (non-hydrogen) atoms. The lowest BCUT2D eigenvalue weighted by molar-refractivity contribution is -0.134. The van der Waals surface area contributed by atoms with Gasteiger partial charge in [-0.25, -0.2) is 8.42 Å². The molecule has 2 aliphatic heterocycles. The van der Waals surface area contributed by atoms with Crippen molar-refractivity contribution >= 4 is 27.6 Å².